The van der Waals surface area contributed by atoms with Gasteiger partial charge >= 0.3 is 5.97 Å². The number of hydrogen-bond acceptors (Lipinski definition) is 2. The monoisotopic (exact) mass is 248 g/mol. The molecule has 0 saturated heterocycles. The fourth-order valence-electron chi connectivity index (χ4n) is 1.48. The van der Waals surface area contributed by atoms with E-state index in [4.69, 9.17) is 11.5 Å². The van der Waals surface area contributed by atoms with Crippen molar-refractivity contribution in [3.63, 3.8) is 0 Å². The minimum atomic E-state index is -1.76. The van der Waals surface area contributed by atoms with Crippen molar-refractivity contribution in [2.75, 3.05) is 0 Å². The van der Waals surface area contributed by atoms with Crippen LogP contribution in [0.1, 0.15) is 11.3 Å². The van der Waals surface area contributed by atoms with Gasteiger partial charge in [0.2, 0.25) is 5.83 Å². The van der Waals surface area contributed by atoms with Crippen LogP contribution in [0, 0.1) is 18.2 Å². The zero-order valence-corrected chi connectivity index (χ0v) is 8.87. The first-order valence-electron chi connectivity index (χ1n) is 4.78. The van der Waals surface area contributed by atoms with Gasteiger partial charge in [0.1, 0.15) is 11.2 Å². The summed E-state index contributed by atoms with van der Waals surface area (Å²) < 4.78 is 26.8. The smallest absolute Gasteiger partial charge is 0.364 e. The zero-order chi connectivity index (χ0) is 13.3. The largest absolute Gasteiger partial charge is 0.476 e. The number of aromatic amines is 1. The average molecular weight is 248 g/mol. The topological polar surface area (TPSA) is 66.0 Å². The number of hydrogen-bond donors (Lipinski definition) is 2. The molecule has 1 aromatic heterocycles. The summed E-state index contributed by atoms with van der Waals surface area (Å²) in [7, 11) is 0. The Morgan fingerprint density at radius 3 is 2.89 bits per heavy atom. The Morgan fingerprint density at radius 1 is 1.56 bits per heavy atom. The third-order valence-electron chi connectivity index (χ3n) is 2.33. The van der Waals surface area contributed by atoms with Crippen LogP contribution in [-0.2, 0) is 4.79 Å². The predicted molar refractivity (Wildman–Crippen MR) is 60.7 cm³/mol. The maximum absolute atomic E-state index is 13.9. The molecule has 0 fully saturated rings. The van der Waals surface area contributed by atoms with Gasteiger partial charge in [0.15, 0.2) is 5.82 Å². The molecule has 0 aliphatic carbocycles. The highest BCUT2D eigenvalue weighted by Crippen LogP contribution is 2.23. The molecule has 0 aliphatic heterocycles. The molecule has 0 unspecified atom stereocenters. The quantitative estimate of drug-likeness (QED) is 0.631. The van der Waals surface area contributed by atoms with E-state index >= 15 is 0 Å². The third-order valence-corrected chi connectivity index (χ3v) is 2.33. The number of halogens is 2. The second kappa shape index (κ2) is 4.30. The molecule has 0 aliphatic rings. The molecule has 0 spiro atoms. The molecule has 1 heterocycles. The minimum absolute atomic E-state index is 0.0603. The SMILES string of the molecule is C#Cc1[nH]nc2c(F)c(/C=C(\F)C(=O)O)ccc12. The molecule has 0 amide bonds. The van der Waals surface area contributed by atoms with Crippen molar-refractivity contribution in [2.45, 2.75) is 0 Å². The van der Waals surface area contributed by atoms with Crippen molar-refractivity contribution >= 4 is 22.9 Å². The number of fused-ring (bicyclic) bond motifs is 1. The highest BCUT2D eigenvalue weighted by atomic mass is 19.1. The van der Waals surface area contributed by atoms with Crippen LogP contribution < -0.4 is 0 Å². The Morgan fingerprint density at radius 2 is 2.28 bits per heavy atom. The Hall–Kier alpha value is -2.68. The number of nitrogens with zero attached hydrogens (tertiary/aromatic N) is 1. The van der Waals surface area contributed by atoms with Crippen LogP contribution in [0.15, 0.2) is 18.0 Å². The first-order valence-corrected chi connectivity index (χ1v) is 4.78. The van der Waals surface area contributed by atoms with Gasteiger partial charge in [-0.15, -0.1) is 6.42 Å². The van der Waals surface area contributed by atoms with Gasteiger partial charge in [0.05, 0.1) is 0 Å². The standard InChI is InChI=1S/C12H6F2N2O2/c1-2-9-7-4-3-6(5-8(13)12(17)18)10(14)11(7)16-15-9/h1,3-5H,(H,15,16)(H,17,18)/b8-5-. The number of aliphatic carboxylic acids is 1. The maximum atomic E-state index is 13.9. The van der Waals surface area contributed by atoms with Gasteiger partial charge in [0.25, 0.3) is 0 Å². The van der Waals surface area contributed by atoms with Gasteiger partial charge in [-0.1, -0.05) is 12.0 Å². The van der Waals surface area contributed by atoms with Crippen LogP contribution in [0.4, 0.5) is 8.78 Å². The van der Waals surface area contributed by atoms with Crippen molar-refractivity contribution in [3.05, 3.63) is 35.0 Å². The van der Waals surface area contributed by atoms with Crippen LogP contribution >= 0.6 is 0 Å². The molecule has 0 bridgehead atoms. The summed E-state index contributed by atoms with van der Waals surface area (Å²) in [5, 5.41) is 14.9. The second-order valence-electron chi connectivity index (χ2n) is 3.41. The van der Waals surface area contributed by atoms with Crippen molar-refractivity contribution in [2.24, 2.45) is 0 Å². The second-order valence-corrected chi connectivity index (χ2v) is 3.41. The lowest BCUT2D eigenvalue weighted by molar-refractivity contribution is -0.134. The molecule has 2 aromatic rings. The van der Waals surface area contributed by atoms with Crippen molar-refractivity contribution in [1.29, 1.82) is 0 Å². The fourth-order valence-corrected chi connectivity index (χ4v) is 1.48. The summed E-state index contributed by atoms with van der Waals surface area (Å²) in [6.07, 6.45) is 5.76. The fraction of sp³-hybridized carbons (Fsp3) is 0. The lowest BCUT2D eigenvalue weighted by Crippen LogP contribution is -1.95. The van der Waals surface area contributed by atoms with Gasteiger partial charge in [-0.3, -0.25) is 5.10 Å². The number of carboxylic acids is 1. The van der Waals surface area contributed by atoms with Crippen LogP contribution in [0.25, 0.3) is 17.0 Å². The lowest BCUT2D eigenvalue weighted by atomic mass is 10.1. The van der Waals surface area contributed by atoms with Gasteiger partial charge in [-0.2, -0.15) is 9.49 Å². The molecular formula is C12H6F2N2O2. The number of benzene rings is 1. The molecule has 0 radical (unpaired) electrons. The van der Waals surface area contributed by atoms with E-state index in [1.807, 2.05) is 0 Å². The summed E-state index contributed by atoms with van der Waals surface area (Å²) in [4.78, 5) is 10.3. The summed E-state index contributed by atoms with van der Waals surface area (Å²) in [6, 6.07) is 2.68. The number of rotatable bonds is 2. The number of carbonyl (C=O) groups is 1. The van der Waals surface area contributed by atoms with E-state index in [0.29, 0.717) is 17.2 Å². The molecule has 2 rings (SSSR count). The number of aromatic nitrogens is 2. The average Bonchev–Trinajstić information content (AvgIpc) is 2.76. The van der Waals surface area contributed by atoms with E-state index in [-0.39, 0.29) is 11.1 Å². The van der Waals surface area contributed by atoms with Crippen LogP contribution in [0.3, 0.4) is 0 Å². The third kappa shape index (κ3) is 1.82. The van der Waals surface area contributed by atoms with Crippen molar-refractivity contribution in [1.82, 2.24) is 10.2 Å². The molecule has 4 nitrogen and oxygen atoms in total. The predicted octanol–water partition coefficient (Wildman–Crippen LogP) is 2.08. The summed E-state index contributed by atoms with van der Waals surface area (Å²) in [5.74, 6) is -1.77. The highest BCUT2D eigenvalue weighted by molar-refractivity contribution is 5.92. The van der Waals surface area contributed by atoms with Crippen molar-refractivity contribution in [3.8, 4) is 12.3 Å². The Bertz CT molecular complexity index is 711. The molecule has 18 heavy (non-hydrogen) atoms. The Labute approximate surface area is 99.9 Å². The Balaban J connectivity index is 2.63. The molecule has 2 N–H and O–H groups in total. The van der Waals surface area contributed by atoms with E-state index in [1.54, 1.807) is 0 Å². The first-order chi connectivity index (χ1) is 8.54. The van der Waals surface area contributed by atoms with E-state index in [0.717, 1.165) is 0 Å². The van der Waals surface area contributed by atoms with E-state index in [1.165, 1.54) is 12.1 Å². The molecule has 0 atom stereocenters. The summed E-state index contributed by atoms with van der Waals surface area (Å²) in [6.45, 7) is 0. The van der Waals surface area contributed by atoms with E-state index in [2.05, 4.69) is 16.1 Å². The molecule has 90 valence electrons. The molecule has 1 aromatic carbocycles. The van der Waals surface area contributed by atoms with Crippen LogP contribution in [-0.4, -0.2) is 21.3 Å². The molecule has 0 saturated carbocycles. The van der Waals surface area contributed by atoms with Crippen LogP contribution in [0.2, 0.25) is 0 Å². The minimum Gasteiger partial charge on any atom is -0.476 e. The van der Waals surface area contributed by atoms with Gasteiger partial charge in [0, 0.05) is 10.9 Å². The lowest BCUT2D eigenvalue weighted by Gasteiger charge is -1.98. The molecular weight excluding hydrogens is 242 g/mol. The Kier molecular flexibility index (Phi) is 2.81. The van der Waals surface area contributed by atoms with Crippen molar-refractivity contribution < 1.29 is 18.7 Å². The number of carboxylic acid groups (broad SMARTS) is 1. The normalized spacial score (nSPS) is 11.5. The number of nitrogens with one attached hydrogen (secondary N) is 1. The number of terminal acetylenes is 1. The number of H-pyrrole nitrogens is 1. The van der Waals surface area contributed by atoms with E-state index < -0.39 is 17.6 Å². The van der Waals surface area contributed by atoms with E-state index in [9.17, 15) is 13.6 Å². The maximum Gasteiger partial charge on any atom is 0.364 e. The van der Waals surface area contributed by atoms with Gasteiger partial charge in [-0.05, 0) is 12.1 Å². The molecule has 6 heteroatoms. The van der Waals surface area contributed by atoms with Gasteiger partial charge < -0.3 is 5.11 Å². The summed E-state index contributed by atoms with van der Waals surface area (Å²) >= 11 is 0. The zero-order valence-electron chi connectivity index (χ0n) is 8.87. The first kappa shape index (κ1) is 11.8. The van der Waals surface area contributed by atoms with Gasteiger partial charge in [-0.25, -0.2) is 9.18 Å². The van der Waals surface area contributed by atoms with Crippen LogP contribution in [0.5, 0.6) is 0 Å². The highest BCUT2D eigenvalue weighted by Gasteiger charge is 2.13. The summed E-state index contributed by atoms with van der Waals surface area (Å²) in [5.41, 5.74) is 0.0329.